The quantitative estimate of drug-likeness (QED) is 0.460. The molecule has 0 saturated carbocycles. The second-order valence-corrected chi connectivity index (χ2v) is 9.18. The maximum atomic E-state index is 5.95. The van der Waals surface area contributed by atoms with Gasteiger partial charge in [-0.2, -0.15) is 5.10 Å². The lowest BCUT2D eigenvalue weighted by Gasteiger charge is -2.34. The Morgan fingerprint density at radius 3 is 2.44 bits per heavy atom. The number of piperidine rings is 1. The molecule has 1 fully saturated rings. The van der Waals surface area contributed by atoms with Crippen LogP contribution in [0.2, 0.25) is 0 Å². The molecular weight excluding hydrogens is 422 g/mol. The van der Waals surface area contributed by atoms with Gasteiger partial charge in [-0.25, -0.2) is 4.98 Å². The highest BCUT2D eigenvalue weighted by molar-refractivity contribution is 5.74. The molecule has 0 bridgehead atoms. The van der Waals surface area contributed by atoms with Gasteiger partial charge in [-0.15, -0.1) is 0 Å². The summed E-state index contributed by atoms with van der Waals surface area (Å²) in [6, 6.07) is 13.1. The Balaban J connectivity index is 1.41. The van der Waals surface area contributed by atoms with Crippen LogP contribution in [0.25, 0.3) is 33.6 Å². The molecule has 4 aromatic rings. The molecule has 0 atom stereocenters. The molecule has 4 aromatic heterocycles. The number of aromatic nitrogens is 5. The average molecular weight is 454 g/mol. The van der Waals surface area contributed by atoms with Gasteiger partial charge in [0, 0.05) is 67.2 Å². The van der Waals surface area contributed by atoms with E-state index in [4.69, 9.17) is 10.8 Å². The van der Waals surface area contributed by atoms with Crippen molar-refractivity contribution in [3.05, 3.63) is 73.1 Å². The molecule has 0 aromatic carbocycles. The highest BCUT2D eigenvalue weighted by atomic mass is 15.3. The first kappa shape index (κ1) is 22.4. The van der Waals surface area contributed by atoms with Crippen LogP contribution in [0.1, 0.15) is 38.4 Å². The molecule has 7 nitrogen and oxygen atoms in total. The van der Waals surface area contributed by atoms with E-state index in [1.165, 1.54) is 0 Å². The van der Waals surface area contributed by atoms with Crippen LogP contribution in [0.4, 0.5) is 0 Å². The lowest BCUT2D eigenvalue weighted by Crippen LogP contribution is -2.39. The smallest absolute Gasteiger partial charge is 0.0896 e. The van der Waals surface area contributed by atoms with E-state index in [0.717, 1.165) is 65.3 Å². The summed E-state index contributed by atoms with van der Waals surface area (Å²) in [5.74, 6) is 0. The highest BCUT2D eigenvalue weighted by Crippen LogP contribution is 2.30. The summed E-state index contributed by atoms with van der Waals surface area (Å²) in [6.45, 7) is 7.15. The normalized spacial score (nSPS) is 15.2. The number of nitrogens with two attached hydrogens (primary N) is 1. The van der Waals surface area contributed by atoms with E-state index >= 15 is 0 Å². The number of rotatable bonds is 6. The summed E-state index contributed by atoms with van der Waals surface area (Å²) in [5.41, 5.74) is 12.6. The number of hydrogen-bond acceptors (Lipinski definition) is 6. The largest absolute Gasteiger partial charge is 0.325 e. The Hall–Kier alpha value is -3.42. The van der Waals surface area contributed by atoms with Gasteiger partial charge in [-0.3, -0.25) is 14.6 Å². The van der Waals surface area contributed by atoms with E-state index in [9.17, 15) is 0 Å². The molecule has 5 rings (SSSR count). The minimum Gasteiger partial charge on any atom is -0.325 e. The van der Waals surface area contributed by atoms with Gasteiger partial charge in [0.25, 0.3) is 0 Å². The summed E-state index contributed by atoms with van der Waals surface area (Å²) in [4.78, 5) is 16.2. The summed E-state index contributed by atoms with van der Waals surface area (Å²) < 4.78 is 2.14. The predicted molar refractivity (Wildman–Crippen MR) is 135 cm³/mol. The van der Waals surface area contributed by atoms with Crippen molar-refractivity contribution in [2.24, 2.45) is 5.73 Å². The van der Waals surface area contributed by atoms with Crippen molar-refractivity contribution in [2.75, 3.05) is 13.1 Å². The highest BCUT2D eigenvalue weighted by Gasteiger charge is 2.22. The van der Waals surface area contributed by atoms with Gasteiger partial charge >= 0.3 is 0 Å². The summed E-state index contributed by atoms with van der Waals surface area (Å²) in [7, 11) is 0. The molecular formula is C27H31N7. The maximum absolute atomic E-state index is 5.95. The van der Waals surface area contributed by atoms with Crippen LogP contribution >= 0.6 is 0 Å². The molecule has 0 amide bonds. The van der Waals surface area contributed by atoms with Crippen LogP contribution in [-0.4, -0.2) is 48.8 Å². The third-order valence-corrected chi connectivity index (χ3v) is 6.62. The Morgan fingerprint density at radius 1 is 0.941 bits per heavy atom. The number of hydrogen-bond donors (Lipinski definition) is 1. The van der Waals surface area contributed by atoms with E-state index in [2.05, 4.69) is 50.6 Å². The lowest BCUT2D eigenvalue weighted by molar-refractivity contribution is 0.147. The fourth-order valence-corrected chi connectivity index (χ4v) is 4.61. The Labute approximate surface area is 200 Å². The van der Waals surface area contributed by atoms with E-state index in [1.807, 2.05) is 48.9 Å². The van der Waals surface area contributed by atoms with Gasteiger partial charge in [0.05, 0.1) is 29.3 Å². The van der Waals surface area contributed by atoms with Crippen LogP contribution in [0, 0.1) is 0 Å². The molecule has 34 heavy (non-hydrogen) atoms. The Bertz CT molecular complexity index is 1240. The number of nitrogens with zero attached hydrogens (tertiary/aromatic N) is 6. The van der Waals surface area contributed by atoms with Crippen molar-refractivity contribution < 1.29 is 0 Å². The zero-order chi connectivity index (χ0) is 23.5. The number of likely N-dealkylation sites (tertiary alicyclic amines) is 1. The van der Waals surface area contributed by atoms with Crippen LogP contribution in [-0.2, 0) is 6.54 Å². The number of pyridine rings is 3. The van der Waals surface area contributed by atoms with E-state index < -0.39 is 0 Å². The van der Waals surface area contributed by atoms with Crippen LogP contribution in [0.3, 0.4) is 0 Å². The first-order valence-electron chi connectivity index (χ1n) is 12.0. The molecule has 0 unspecified atom stereocenters. The summed E-state index contributed by atoms with van der Waals surface area (Å²) in [5, 5.41) is 4.71. The van der Waals surface area contributed by atoms with Crippen LogP contribution < -0.4 is 5.73 Å². The molecule has 0 spiro atoms. The van der Waals surface area contributed by atoms with Crippen molar-refractivity contribution in [2.45, 2.75) is 45.3 Å². The Morgan fingerprint density at radius 2 is 1.74 bits per heavy atom. The summed E-state index contributed by atoms with van der Waals surface area (Å²) in [6.07, 6.45) is 11.9. The first-order chi connectivity index (χ1) is 16.6. The van der Waals surface area contributed by atoms with Gasteiger partial charge < -0.3 is 10.6 Å². The zero-order valence-electron chi connectivity index (χ0n) is 19.8. The fraction of sp³-hybridized carbons (Fsp3) is 0.333. The molecule has 1 saturated heterocycles. The second-order valence-electron chi connectivity index (χ2n) is 9.18. The molecule has 2 N–H and O–H groups in total. The molecule has 1 aliphatic heterocycles. The van der Waals surface area contributed by atoms with E-state index in [1.54, 1.807) is 6.20 Å². The minimum absolute atomic E-state index is 0.364. The average Bonchev–Trinajstić information content (AvgIpc) is 3.39. The van der Waals surface area contributed by atoms with E-state index in [0.29, 0.717) is 18.6 Å². The van der Waals surface area contributed by atoms with Crippen LogP contribution in [0.15, 0.2) is 67.4 Å². The van der Waals surface area contributed by atoms with Crippen molar-refractivity contribution in [1.82, 2.24) is 29.6 Å². The van der Waals surface area contributed by atoms with E-state index in [-0.39, 0.29) is 0 Å². The SMILES string of the molecule is CC(C)N1CCC(n2cc(-c3cncc(-c4cc(CN)nc(-c5ccccn5)c4)c3)cn2)CC1. The third-order valence-electron chi connectivity index (χ3n) is 6.62. The van der Waals surface area contributed by atoms with Gasteiger partial charge in [0.2, 0.25) is 0 Å². The molecule has 7 heteroatoms. The molecule has 1 aliphatic rings. The van der Waals surface area contributed by atoms with Crippen molar-refractivity contribution >= 4 is 0 Å². The monoisotopic (exact) mass is 453 g/mol. The van der Waals surface area contributed by atoms with Crippen molar-refractivity contribution in [1.29, 1.82) is 0 Å². The summed E-state index contributed by atoms with van der Waals surface area (Å²) >= 11 is 0. The second kappa shape index (κ2) is 9.83. The van der Waals surface area contributed by atoms with Crippen molar-refractivity contribution in [3.63, 3.8) is 0 Å². The molecule has 174 valence electrons. The standard InChI is InChI=1S/C27H31N7/c1-19(2)33-9-6-25(7-10-33)34-18-23(17-31-34)22-11-21(15-29-16-22)20-12-24(14-28)32-27(13-20)26-5-3-4-8-30-26/h3-5,8,11-13,15-19,25H,6-7,9-10,14,28H2,1-2H3. The van der Waals surface area contributed by atoms with Crippen molar-refractivity contribution in [3.8, 4) is 33.6 Å². The van der Waals surface area contributed by atoms with Gasteiger partial charge in [0.1, 0.15) is 0 Å². The predicted octanol–water partition coefficient (Wildman–Crippen LogP) is 4.57. The molecule has 0 radical (unpaired) electrons. The van der Waals surface area contributed by atoms with Gasteiger partial charge in [-0.05, 0) is 62.6 Å². The topological polar surface area (TPSA) is 85.8 Å². The Kier molecular flexibility index (Phi) is 6.47. The first-order valence-corrected chi connectivity index (χ1v) is 12.0. The zero-order valence-corrected chi connectivity index (χ0v) is 19.8. The fourth-order valence-electron chi connectivity index (χ4n) is 4.61. The van der Waals surface area contributed by atoms with Gasteiger partial charge in [0.15, 0.2) is 0 Å². The molecule has 5 heterocycles. The molecule has 0 aliphatic carbocycles. The lowest BCUT2D eigenvalue weighted by atomic mass is 10.0. The van der Waals surface area contributed by atoms with Gasteiger partial charge in [-0.1, -0.05) is 6.07 Å². The minimum atomic E-state index is 0.364. The maximum Gasteiger partial charge on any atom is 0.0896 e. The third kappa shape index (κ3) is 4.76. The van der Waals surface area contributed by atoms with Crippen LogP contribution in [0.5, 0.6) is 0 Å².